The lowest BCUT2D eigenvalue weighted by Gasteiger charge is -2.06. The lowest BCUT2D eigenvalue weighted by molar-refractivity contribution is 0.0952. The van der Waals surface area contributed by atoms with Crippen molar-refractivity contribution in [3.8, 4) is 5.00 Å². The van der Waals surface area contributed by atoms with Gasteiger partial charge in [-0.05, 0) is 36.3 Å². The molecule has 1 N–H and O–H groups in total. The number of hydrogen-bond donors (Lipinski definition) is 1. The van der Waals surface area contributed by atoms with Crippen LogP contribution in [0.5, 0.6) is 0 Å². The summed E-state index contributed by atoms with van der Waals surface area (Å²) in [6, 6.07) is 0. The first-order valence-electron chi connectivity index (χ1n) is 8.41. The first-order chi connectivity index (χ1) is 12.5. The van der Waals surface area contributed by atoms with Gasteiger partial charge >= 0.3 is 0 Å². The van der Waals surface area contributed by atoms with E-state index < -0.39 is 0 Å². The number of nitrogens with one attached hydrogen (secondary N) is 1. The number of rotatable bonds is 7. The second-order valence-corrected chi connectivity index (χ2v) is 7.48. The molecule has 0 unspecified atom stereocenters. The number of hydrogen-bond acceptors (Lipinski definition) is 8. The molecule has 0 saturated carbocycles. The van der Waals surface area contributed by atoms with Crippen LogP contribution in [-0.4, -0.2) is 42.8 Å². The van der Waals surface area contributed by atoms with Crippen molar-refractivity contribution in [2.45, 2.75) is 46.5 Å². The van der Waals surface area contributed by atoms with E-state index in [4.69, 9.17) is 4.52 Å². The summed E-state index contributed by atoms with van der Waals surface area (Å²) >= 11 is 1.49. The van der Waals surface area contributed by atoms with E-state index in [1.54, 1.807) is 0 Å². The Hall–Kier alpha value is -2.62. The van der Waals surface area contributed by atoms with Crippen molar-refractivity contribution in [3.63, 3.8) is 0 Å². The number of tetrazole rings is 1. The number of thiophene rings is 1. The van der Waals surface area contributed by atoms with Gasteiger partial charge < -0.3 is 9.84 Å². The highest BCUT2D eigenvalue weighted by atomic mass is 32.1. The minimum atomic E-state index is -0.134. The average molecular weight is 375 g/mol. The van der Waals surface area contributed by atoms with Crippen LogP contribution in [0.25, 0.3) is 5.00 Å². The Bertz CT molecular complexity index is 883. The third-order valence-electron chi connectivity index (χ3n) is 4.00. The van der Waals surface area contributed by atoms with Crippen LogP contribution >= 0.6 is 11.3 Å². The lowest BCUT2D eigenvalue weighted by Crippen LogP contribution is -2.26. The third-order valence-corrected chi connectivity index (χ3v) is 5.20. The van der Waals surface area contributed by atoms with E-state index in [1.165, 1.54) is 22.3 Å². The fraction of sp³-hybridized carbons (Fsp3) is 0.500. The monoisotopic (exact) mass is 375 g/mol. The molecule has 0 atom stereocenters. The van der Waals surface area contributed by atoms with Gasteiger partial charge in [-0.1, -0.05) is 19.0 Å². The molecular weight excluding hydrogens is 354 g/mol. The molecule has 10 heteroatoms. The van der Waals surface area contributed by atoms with E-state index in [0.29, 0.717) is 36.7 Å². The Kier molecular flexibility index (Phi) is 5.40. The minimum absolute atomic E-state index is 0.134. The minimum Gasteiger partial charge on any atom is -0.352 e. The van der Waals surface area contributed by atoms with Gasteiger partial charge in [-0.2, -0.15) is 9.67 Å². The van der Waals surface area contributed by atoms with Crippen molar-refractivity contribution < 1.29 is 9.32 Å². The van der Waals surface area contributed by atoms with Gasteiger partial charge in [0, 0.05) is 23.8 Å². The van der Waals surface area contributed by atoms with E-state index >= 15 is 0 Å². The fourth-order valence-electron chi connectivity index (χ4n) is 2.43. The molecule has 26 heavy (non-hydrogen) atoms. The van der Waals surface area contributed by atoms with Crippen LogP contribution in [0.1, 0.15) is 58.7 Å². The summed E-state index contributed by atoms with van der Waals surface area (Å²) < 4.78 is 6.73. The van der Waals surface area contributed by atoms with Crippen molar-refractivity contribution in [1.29, 1.82) is 0 Å². The van der Waals surface area contributed by atoms with Crippen molar-refractivity contribution >= 4 is 17.2 Å². The van der Waals surface area contributed by atoms with Crippen LogP contribution in [0.3, 0.4) is 0 Å². The van der Waals surface area contributed by atoms with E-state index in [9.17, 15) is 4.79 Å². The SMILES string of the molecule is Cc1sc(-n2cnnn2)c(C(=O)NCCCc2nc(C(C)C)no2)c1C. The summed E-state index contributed by atoms with van der Waals surface area (Å²) in [5.74, 6) is 1.41. The van der Waals surface area contributed by atoms with Crippen molar-refractivity contribution in [2.24, 2.45) is 0 Å². The molecule has 0 aliphatic rings. The van der Waals surface area contributed by atoms with Gasteiger partial charge in [0.25, 0.3) is 5.91 Å². The van der Waals surface area contributed by atoms with Crippen molar-refractivity contribution in [3.05, 3.63) is 34.0 Å². The molecule has 0 fully saturated rings. The first-order valence-corrected chi connectivity index (χ1v) is 9.23. The molecule has 0 bridgehead atoms. The zero-order valence-electron chi connectivity index (χ0n) is 15.2. The Morgan fingerprint density at radius 1 is 1.38 bits per heavy atom. The summed E-state index contributed by atoms with van der Waals surface area (Å²) in [6.45, 7) is 8.46. The number of aryl methyl sites for hydroxylation is 2. The maximum Gasteiger partial charge on any atom is 0.254 e. The summed E-state index contributed by atoms with van der Waals surface area (Å²) in [5, 5.41) is 18.8. The van der Waals surface area contributed by atoms with Crippen LogP contribution in [0.4, 0.5) is 0 Å². The predicted molar refractivity (Wildman–Crippen MR) is 95.5 cm³/mol. The molecule has 0 aliphatic carbocycles. The summed E-state index contributed by atoms with van der Waals surface area (Å²) in [7, 11) is 0. The zero-order valence-corrected chi connectivity index (χ0v) is 16.0. The second-order valence-electron chi connectivity index (χ2n) is 6.28. The number of carbonyl (C=O) groups is 1. The maximum atomic E-state index is 12.7. The normalized spacial score (nSPS) is 11.3. The molecule has 138 valence electrons. The van der Waals surface area contributed by atoms with Crippen molar-refractivity contribution in [2.75, 3.05) is 6.54 Å². The molecule has 3 heterocycles. The van der Waals surface area contributed by atoms with Crippen LogP contribution in [0.15, 0.2) is 10.9 Å². The highest BCUT2D eigenvalue weighted by Gasteiger charge is 2.21. The Morgan fingerprint density at radius 2 is 2.19 bits per heavy atom. The fourth-order valence-corrected chi connectivity index (χ4v) is 3.50. The van der Waals surface area contributed by atoms with Crippen LogP contribution in [-0.2, 0) is 6.42 Å². The largest absolute Gasteiger partial charge is 0.352 e. The zero-order chi connectivity index (χ0) is 18.7. The molecule has 0 aliphatic heterocycles. The number of nitrogens with zero attached hydrogens (tertiary/aromatic N) is 6. The average Bonchev–Trinajstić information content (AvgIpc) is 3.33. The molecule has 1 amide bonds. The molecule has 0 saturated heterocycles. The van der Waals surface area contributed by atoms with Gasteiger partial charge in [-0.15, -0.1) is 16.4 Å². The first kappa shape index (κ1) is 18.2. The van der Waals surface area contributed by atoms with Gasteiger partial charge in [0.05, 0.1) is 5.56 Å². The summed E-state index contributed by atoms with van der Waals surface area (Å²) in [6.07, 6.45) is 2.83. The molecule has 0 radical (unpaired) electrons. The maximum absolute atomic E-state index is 12.7. The predicted octanol–water partition coefficient (Wildman–Crippen LogP) is 2.21. The molecule has 9 nitrogen and oxygen atoms in total. The third kappa shape index (κ3) is 3.79. The Balaban J connectivity index is 1.60. The Morgan fingerprint density at radius 3 is 2.85 bits per heavy atom. The van der Waals surface area contributed by atoms with Gasteiger partial charge in [0.2, 0.25) is 5.89 Å². The number of carbonyl (C=O) groups excluding carboxylic acids is 1. The van der Waals surface area contributed by atoms with Crippen LogP contribution < -0.4 is 5.32 Å². The molecule has 3 rings (SSSR count). The highest BCUT2D eigenvalue weighted by Crippen LogP contribution is 2.30. The van der Waals surface area contributed by atoms with Gasteiger partial charge in [-0.3, -0.25) is 4.79 Å². The standard InChI is InChI=1S/C16H21N7O2S/c1-9(2)14-19-12(25-20-14)6-5-7-17-15(24)13-10(3)11(4)26-16(13)23-8-18-21-22-23/h8-9H,5-7H2,1-4H3,(H,17,24). The molecule has 3 aromatic heterocycles. The Labute approximate surface area is 154 Å². The number of amides is 1. The molecular formula is C16H21N7O2S. The van der Waals surface area contributed by atoms with Crippen molar-refractivity contribution in [1.82, 2.24) is 35.7 Å². The van der Waals surface area contributed by atoms with Gasteiger partial charge in [0.15, 0.2) is 5.82 Å². The van der Waals surface area contributed by atoms with Gasteiger partial charge in [0.1, 0.15) is 11.3 Å². The number of aromatic nitrogens is 6. The van der Waals surface area contributed by atoms with E-state index in [-0.39, 0.29) is 11.8 Å². The second kappa shape index (κ2) is 7.73. The highest BCUT2D eigenvalue weighted by molar-refractivity contribution is 7.15. The summed E-state index contributed by atoms with van der Waals surface area (Å²) in [4.78, 5) is 18.1. The van der Waals surface area contributed by atoms with E-state index in [1.807, 2.05) is 27.7 Å². The lowest BCUT2D eigenvalue weighted by atomic mass is 10.1. The molecule has 0 spiro atoms. The van der Waals surface area contributed by atoms with Crippen LogP contribution in [0.2, 0.25) is 0 Å². The molecule has 3 aromatic rings. The van der Waals surface area contributed by atoms with Gasteiger partial charge in [-0.25, -0.2) is 0 Å². The smallest absolute Gasteiger partial charge is 0.254 e. The van der Waals surface area contributed by atoms with E-state index in [2.05, 4.69) is 31.0 Å². The quantitative estimate of drug-likeness (QED) is 0.630. The van der Waals surface area contributed by atoms with E-state index in [0.717, 1.165) is 15.4 Å². The van der Waals surface area contributed by atoms with Crippen LogP contribution in [0, 0.1) is 13.8 Å². The topological polar surface area (TPSA) is 112 Å². The summed E-state index contributed by atoms with van der Waals surface area (Å²) in [5.41, 5.74) is 1.55. The molecule has 0 aromatic carbocycles.